The number of nitriles is 1. The maximum absolute atomic E-state index is 12.1. The lowest BCUT2D eigenvalue weighted by Gasteiger charge is -2.28. The molecule has 0 unspecified atom stereocenters. The van der Waals surface area contributed by atoms with Gasteiger partial charge in [0.1, 0.15) is 5.54 Å². The first-order valence-electron chi connectivity index (χ1n) is 6.88. The van der Waals surface area contributed by atoms with Gasteiger partial charge in [-0.15, -0.1) is 10.2 Å². The molecule has 1 aromatic carbocycles. The molecular formula is C15H17N5OS2. The zero-order valence-electron chi connectivity index (χ0n) is 13.1. The van der Waals surface area contributed by atoms with Crippen LogP contribution in [0.3, 0.4) is 0 Å². The third-order valence-corrected chi connectivity index (χ3v) is 5.19. The molecule has 6 nitrogen and oxygen atoms in total. The number of anilines is 2. The van der Waals surface area contributed by atoms with Crippen molar-refractivity contribution in [1.82, 2.24) is 15.1 Å². The number of rotatable bonds is 6. The molecule has 0 fully saturated rings. The van der Waals surface area contributed by atoms with Crippen molar-refractivity contribution in [2.75, 3.05) is 18.1 Å². The molecule has 8 heteroatoms. The Bertz CT molecular complexity index is 708. The Morgan fingerprint density at radius 1 is 1.39 bits per heavy atom. The highest BCUT2D eigenvalue weighted by molar-refractivity contribution is 8.01. The lowest BCUT2D eigenvalue weighted by Crippen LogP contribution is -2.44. The van der Waals surface area contributed by atoms with Crippen LogP contribution in [0.5, 0.6) is 0 Å². The van der Waals surface area contributed by atoms with Crippen LogP contribution >= 0.6 is 23.1 Å². The summed E-state index contributed by atoms with van der Waals surface area (Å²) in [6.07, 6.45) is 0. The smallest absolute Gasteiger partial charge is 0.234 e. The van der Waals surface area contributed by atoms with Gasteiger partial charge in [0.2, 0.25) is 11.0 Å². The van der Waals surface area contributed by atoms with Gasteiger partial charge in [-0.25, -0.2) is 0 Å². The van der Waals surface area contributed by atoms with Gasteiger partial charge in [-0.1, -0.05) is 41.3 Å². The molecule has 1 aromatic heterocycles. The van der Waals surface area contributed by atoms with Crippen molar-refractivity contribution in [3.8, 4) is 6.07 Å². The second kappa shape index (κ2) is 7.44. The predicted octanol–water partition coefficient (Wildman–Crippen LogP) is 3.13. The van der Waals surface area contributed by atoms with Gasteiger partial charge in [-0.2, -0.15) is 5.26 Å². The minimum absolute atomic E-state index is 0.116. The van der Waals surface area contributed by atoms with Gasteiger partial charge < -0.3 is 10.2 Å². The first-order valence-corrected chi connectivity index (χ1v) is 8.69. The molecule has 2 rings (SSSR count). The van der Waals surface area contributed by atoms with Gasteiger partial charge in [0.25, 0.3) is 0 Å². The highest BCUT2D eigenvalue weighted by Gasteiger charge is 2.27. The quantitative estimate of drug-likeness (QED) is 0.809. The summed E-state index contributed by atoms with van der Waals surface area (Å²) in [5, 5.41) is 21.0. The number of hydrogen-bond donors (Lipinski definition) is 1. The summed E-state index contributed by atoms with van der Waals surface area (Å²) in [4.78, 5) is 13.6. The summed E-state index contributed by atoms with van der Waals surface area (Å²) in [5.41, 5.74) is 0.116. The number of amides is 1. The molecule has 0 aliphatic carbocycles. The third-order valence-electron chi connectivity index (χ3n) is 3.24. The number of nitrogens with zero attached hydrogens (tertiary/aromatic N) is 4. The van der Waals surface area contributed by atoms with Gasteiger partial charge in [-0.05, 0) is 26.0 Å². The monoisotopic (exact) mass is 347 g/mol. The highest BCUT2D eigenvalue weighted by atomic mass is 32.2. The minimum Gasteiger partial charge on any atom is -0.330 e. The van der Waals surface area contributed by atoms with Gasteiger partial charge in [0, 0.05) is 12.7 Å². The number of thioether (sulfide) groups is 1. The largest absolute Gasteiger partial charge is 0.330 e. The van der Waals surface area contributed by atoms with E-state index in [4.69, 9.17) is 5.26 Å². The molecule has 1 heterocycles. The lowest BCUT2D eigenvalue weighted by molar-refractivity contribution is -0.130. The summed E-state index contributed by atoms with van der Waals surface area (Å²) in [5.74, 6) is 0.107. The molecule has 0 spiro atoms. The van der Waals surface area contributed by atoms with Crippen LogP contribution in [0.15, 0.2) is 34.7 Å². The van der Waals surface area contributed by atoms with Crippen LogP contribution in [0.4, 0.5) is 10.8 Å². The molecule has 1 N–H and O–H groups in total. The van der Waals surface area contributed by atoms with Crippen LogP contribution in [0.2, 0.25) is 0 Å². The number of hydrogen-bond acceptors (Lipinski definition) is 7. The molecule has 0 bridgehead atoms. The summed E-state index contributed by atoms with van der Waals surface area (Å²) >= 11 is 2.71. The van der Waals surface area contributed by atoms with Crippen molar-refractivity contribution in [1.29, 1.82) is 5.26 Å². The van der Waals surface area contributed by atoms with E-state index in [0.717, 1.165) is 5.69 Å². The van der Waals surface area contributed by atoms with Crippen molar-refractivity contribution in [2.24, 2.45) is 0 Å². The maximum Gasteiger partial charge on any atom is 0.234 e. The van der Waals surface area contributed by atoms with Crippen molar-refractivity contribution in [3.63, 3.8) is 0 Å². The maximum atomic E-state index is 12.1. The van der Waals surface area contributed by atoms with Crippen molar-refractivity contribution < 1.29 is 4.79 Å². The number of benzene rings is 1. The second-order valence-electron chi connectivity index (χ2n) is 5.28. The number of nitrogens with one attached hydrogen (secondary N) is 1. The average Bonchev–Trinajstić information content (AvgIpc) is 3.00. The molecule has 0 atom stereocenters. The molecule has 1 amide bonds. The van der Waals surface area contributed by atoms with Gasteiger partial charge in [-0.3, -0.25) is 4.79 Å². The Morgan fingerprint density at radius 3 is 2.74 bits per heavy atom. The fourth-order valence-corrected chi connectivity index (χ4v) is 3.26. The zero-order chi connectivity index (χ0) is 16.9. The lowest BCUT2D eigenvalue weighted by atomic mass is 10.1. The van der Waals surface area contributed by atoms with E-state index >= 15 is 0 Å². The molecular weight excluding hydrogens is 330 g/mol. The van der Waals surface area contributed by atoms with Crippen LogP contribution in [-0.4, -0.2) is 39.3 Å². The Morgan fingerprint density at radius 2 is 2.09 bits per heavy atom. The van der Waals surface area contributed by atoms with Gasteiger partial charge in [0.15, 0.2) is 4.34 Å². The van der Waals surface area contributed by atoms with E-state index in [9.17, 15) is 4.79 Å². The number of aromatic nitrogens is 2. The molecule has 0 saturated carbocycles. The molecule has 0 radical (unpaired) electrons. The van der Waals surface area contributed by atoms with E-state index in [2.05, 4.69) is 21.6 Å². The fourth-order valence-electron chi connectivity index (χ4n) is 1.57. The van der Waals surface area contributed by atoms with Crippen LogP contribution < -0.4 is 5.32 Å². The topological polar surface area (TPSA) is 81.9 Å². The molecule has 23 heavy (non-hydrogen) atoms. The summed E-state index contributed by atoms with van der Waals surface area (Å²) in [6, 6.07) is 11.8. The molecule has 0 saturated heterocycles. The van der Waals surface area contributed by atoms with Crippen LogP contribution in [-0.2, 0) is 4.79 Å². The molecule has 2 aromatic rings. The van der Waals surface area contributed by atoms with Crippen molar-refractivity contribution >= 4 is 39.8 Å². The van der Waals surface area contributed by atoms with E-state index in [0.29, 0.717) is 9.47 Å². The van der Waals surface area contributed by atoms with E-state index in [1.54, 1.807) is 20.9 Å². The Hall–Kier alpha value is -2.11. The standard InChI is InChI=1S/C15H17N5OS2/c1-15(2,10-16)20(3)12(21)9-22-14-19-18-13(23-14)17-11-7-5-4-6-8-11/h4-8H,9H2,1-3H3,(H,17,18). The van der Waals surface area contributed by atoms with E-state index in [1.807, 2.05) is 30.3 Å². The van der Waals surface area contributed by atoms with Gasteiger partial charge >= 0.3 is 0 Å². The fraction of sp³-hybridized carbons (Fsp3) is 0.333. The number of carbonyl (C=O) groups excluding carboxylic acids is 1. The van der Waals surface area contributed by atoms with E-state index < -0.39 is 5.54 Å². The third kappa shape index (κ3) is 4.68. The highest BCUT2D eigenvalue weighted by Crippen LogP contribution is 2.28. The van der Waals surface area contributed by atoms with Crippen LogP contribution in [0.25, 0.3) is 0 Å². The van der Waals surface area contributed by atoms with Gasteiger partial charge in [0.05, 0.1) is 11.8 Å². The van der Waals surface area contributed by atoms with E-state index in [1.165, 1.54) is 28.0 Å². The van der Waals surface area contributed by atoms with Crippen LogP contribution in [0, 0.1) is 11.3 Å². The number of carbonyl (C=O) groups is 1. The predicted molar refractivity (Wildman–Crippen MR) is 92.8 cm³/mol. The summed E-state index contributed by atoms with van der Waals surface area (Å²) in [6.45, 7) is 3.42. The molecule has 0 aliphatic rings. The first kappa shape index (κ1) is 17.2. The van der Waals surface area contributed by atoms with Crippen molar-refractivity contribution in [3.05, 3.63) is 30.3 Å². The Balaban J connectivity index is 1.90. The van der Waals surface area contributed by atoms with E-state index in [-0.39, 0.29) is 11.7 Å². The Labute approximate surface area is 143 Å². The Kier molecular flexibility index (Phi) is 5.58. The first-order chi connectivity index (χ1) is 10.9. The average molecular weight is 347 g/mol. The summed E-state index contributed by atoms with van der Waals surface area (Å²) < 4.78 is 0.708. The summed E-state index contributed by atoms with van der Waals surface area (Å²) in [7, 11) is 1.63. The molecule has 120 valence electrons. The molecule has 0 aliphatic heterocycles. The zero-order valence-corrected chi connectivity index (χ0v) is 14.7. The minimum atomic E-state index is -0.821. The van der Waals surface area contributed by atoms with Crippen molar-refractivity contribution in [2.45, 2.75) is 23.7 Å². The second-order valence-corrected chi connectivity index (χ2v) is 7.48. The SMILES string of the molecule is CN(C(=O)CSc1nnc(Nc2ccccc2)s1)C(C)(C)C#N. The van der Waals surface area contributed by atoms with Crippen LogP contribution in [0.1, 0.15) is 13.8 Å². The number of para-hydroxylation sites is 1. The normalized spacial score (nSPS) is 10.9.